The van der Waals surface area contributed by atoms with Crippen LogP contribution in [0.2, 0.25) is 0 Å². The summed E-state index contributed by atoms with van der Waals surface area (Å²) < 4.78 is 1.98. The Hall–Kier alpha value is -1.82. The van der Waals surface area contributed by atoms with Gasteiger partial charge in [0.1, 0.15) is 10.7 Å². The SMILES string of the molecule is Cc1csc(CNC(=O)c2cc(N)cn2C2CC2)n1. The maximum absolute atomic E-state index is 12.2. The molecule has 6 heteroatoms. The lowest BCUT2D eigenvalue weighted by Gasteiger charge is -2.07. The van der Waals surface area contributed by atoms with Crippen molar-refractivity contribution in [3.63, 3.8) is 0 Å². The van der Waals surface area contributed by atoms with Crippen molar-refractivity contribution in [3.05, 3.63) is 34.0 Å². The Labute approximate surface area is 115 Å². The van der Waals surface area contributed by atoms with Gasteiger partial charge in [0, 0.05) is 23.3 Å². The fraction of sp³-hybridized carbons (Fsp3) is 0.385. The molecular formula is C13H16N4OS. The van der Waals surface area contributed by atoms with Gasteiger partial charge in [-0.1, -0.05) is 0 Å². The van der Waals surface area contributed by atoms with Crippen LogP contribution in [0.3, 0.4) is 0 Å². The fourth-order valence-electron chi connectivity index (χ4n) is 2.07. The normalized spacial score (nSPS) is 14.6. The number of carbonyl (C=O) groups is 1. The Bertz CT molecular complexity index is 612. The van der Waals surface area contributed by atoms with E-state index in [1.165, 1.54) is 0 Å². The quantitative estimate of drug-likeness (QED) is 0.898. The highest BCUT2D eigenvalue weighted by molar-refractivity contribution is 7.09. The van der Waals surface area contributed by atoms with Crippen molar-refractivity contribution in [2.24, 2.45) is 0 Å². The molecule has 0 radical (unpaired) electrons. The van der Waals surface area contributed by atoms with Crippen molar-refractivity contribution < 1.29 is 4.79 Å². The van der Waals surface area contributed by atoms with Gasteiger partial charge in [-0.25, -0.2) is 4.98 Å². The Morgan fingerprint density at radius 1 is 1.63 bits per heavy atom. The molecule has 100 valence electrons. The molecule has 2 aromatic heterocycles. The number of aryl methyl sites for hydroxylation is 1. The number of thiazole rings is 1. The van der Waals surface area contributed by atoms with E-state index in [1.807, 2.05) is 23.1 Å². The molecule has 3 N–H and O–H groups in total. The topological polar surface area (TPSA) is 72.9 Å². The van der Waals surface area contributed by atoms with Gasteiger partial charge >= 0.3 is 0 Å². The first-order valence-electron chi connectivity index (χ1n) is 6.30. The number of aromatic nitrogens is 2. The zero-order valence-electron chi connectivity index (χ0n) is 10.7. The molecule has 1 saturated carbocycles. The van der Waals surface area contributed by atoms with Crippen LogP contribution in [0, 0.1) is 6.92 Å². The van der Waals surface area contributed by atoms with Gasteiger partial charge in [-0.05, 0) is 25.8 Å². The summed E-state index contributed by atoms with van der Waals surface area (Å²) in [5, 5.41) is 5.80. The average molecular weight is 276 g/mol. The summed E-state index contributed by atoms with van der Waals surface area (Å²) in [6.45, 7) is 2.41. The molecule has 0 aromatic carbocycles. The number of carbonyl (C=O) groups excluding carboxylic acids is 1. The average Bonchev–Trinajstić information content (AvgIpc) is 3.03. The lowest BCUT2D eigenvalue weighted by atomic mass is 10.3. The second-order valence-electron chi connectivity index (χ2n) is 4.86. The van der Waals surface area contributed by atoms with E-state index in [0.717, 1.165) is 23.5 Å². The first-order valence-corrected chi connectivity index (χ1v) is 7.18. The molecule has 2 heterocycles. The number of rotatable bonds is 4. The predicted octanol–water partition coefficient (Wildman–Crippen LogP) is 2.10. The van der Waals surface area contributed by atoms with Crippen LogP contribution in [0.5, 0.6) is 0 Å². The first-order chi connectivity index (χ1) is 9.13. The third-order valence-corrected chi connectivity index (χ3v) is 4.08. The third-order valence-electron chi connectivity index (χ3n) is 3.11. The molecular weight excluding hydrogens is 260 g/mol. The highest BCUT2D eigenvalue weighted by Crippen LogP contribution is 2.37. The molecule has 0 atom stereocenters. The minimum atomic E-state index is -0.0866. The molecule has 2 aromatic rings. The van der Waals surface area contributed by atoms with E-state index in [4.69, 9.17) is 5.73 Å². The predicted molar refractivity (Wildman–Crippen MR) is 75.1 cm³/mol. The summed E-state index contributed by atoms with van der Waals surface area (Å²) >= 11 is 1.56. The van der Waals surface area contributed by atoms with Crippen LogP contribution >= 0.6 is 11.3 Å². The van der Waals surface area contributed by atoms with Gasteiger partial charge < -0.3 is 15.6 Å². The number of anilines is 1. The number of amides is 1. The standard InChI is InChI=1S/C13H16N4OS/c1-8-7-19-12(16-8)5-15-13(18)11-4-9(14)6-17(11)10-2-3-10/h4,6-7,10H,2-3,5,14H2,1H3,(H,15,18). The van der Waals surface area contributed by atoms with E-state index in [2.05, 4.69) is 10.3 Å². The number of hydrogen-bond acceptors (Lipinski definition) is 4. The molecule has 1 fully saturated rings. The summed E-state index contributed by atoms with van der Waals surface area (Å²) in [6.07, 6.45) is 4.10. The summed E-state index contributed by atoms with van der Waals surface area (Å²) in [6, 6.07) is 2.18. The maximum Gasteiger partial charge on any atom is 0.268 e. The maximum atomic E-state index is 12.2. The van der Waals surface area contributed by atoms with Gasteiger partial charge in [0.15, 0.2) is 0 Å². The zero-order valence-corrected chi connectivity index (χ0v) is 11.5. The molecule has 1 aliphatic carbocycles. The van der Waals surface area contributed by atoms with Gasteiger partial charge in [-0.3, -0.25) is 4.79 Å². The summed E-state index contributed by atoms with van der Waals surface area (Å²) in [4.78, 5) is 16.5. The van der Waals surface area contributed by atoms with Crippen LogP contribution in [0.1, 0.15) is 40.1 Å². The highest BCUT2D eigenvalue weighted by atomic mass is 32.1. The summed E-state index contributed by atoms with van der Waals surface area (Å²) in [5.74, 6) is -0.0866. The van der Waals surface area contributed by atoms with Crippen LogP contribution in [0.15, 0.2) is 17.6 Å². The monoisotopic (exact) mass is 276 g/mol. The van der Waals surface area contributed by atoms with Gasteiger partial charge in [0.05, 0.1) is 12.2 Å². The Kier molecular flexibility index (Phi) is 3.02. The highest BCUT2D eigenvalue weighted by Gasteiger charge is 2.27. The fourth-order valence-corrected chi connectivity index (χ4v) is 2.78. The summed E-state index contributed by atoms with van der Waals surface area (Å²) in [7, 11) is 0. The number of nitrogens with two attached hydrogens (primary N) is 1. The van der Waals surface area contributed by atoms with Crippen LogP contribution in [-0.4, -0.2) is 15.5 Å². The minimum Gasteiger partial charge on any atom is -0.397 e. The molecule has 0 aliphatic heterocycles. The van der Waals surface area contributed by atoms with E-state index in [0.29, 0.717) is 24.0 Å². The van der Waals surface area contributed by atoms with Crippen LogP contribution < -0.4 is 11.1 Å². The Morgan fingerprint density at radius 3 is 3.05 bits per heavy atom. The van der Waals surface area contributed by atoms with Crippen LogP contribution in [-0.2, 0) is 6.54 Å². The lowest BCUT2D eigenvalue weighted by Crippen LogP contribution is -2.25. The van der Waals surface area contributed by atoms with E-state index in [9.17, 15) is 4.79 Å². The molecule has 0 saturated heterocycles. The second-order valence-corrected chi connectivity index (χ2v) is 5.81. The first kappa shape index (κ1) is 12.2. The Morgan fingerprint density at radius 2 is 2.42 bits per heavy atom. The van der Waals surface area contributed by atoms with Crippen molar-refractivity contribution >= 4 is 22.9 Å². The van der Waals surface area contributed by atoms with Gasteiger partial charge in [0.2, 0.25) is 0 Å². The molecule has 5 nitrogen and oxygen atoms in total. The largest absolute Gasteiger partial charge is 0.397 e. The summed E-state index contributed by atoms with van der Waals surface area (Å²) in [5.41, 5.74) is 8.06. The van der Waals surface area contributed by atoms with Crippen molar-refractivity contribution in [2.75, 3.05) is 5.73 Å². The zero-order chi connectivity index (χ0) is 13.4. The minimum absolute atomic E-state index is 0.0866. The molecule has 3 rings (SSSR count). The molecule has 1 aliphatic rings. The van der Waals surface area contributed by atoms with Crippen molar-refractivity contribution in [3.8, 4) is 0 Å². The van der Waals surface area contributed by atoms with Crippen LogP contribution in [0.4, 0.5) is 5.69 Å². The molecule has 0 spiro atoms. The van der Waals surface area contributed by atoms with Crippen molar-refractivity contribution in [1.29, 1.82) is 0 Å². The molecule has 1 amide bonds. The van der Waals surface area contributed by atoms with Gasteiger partial charge in [0.25, 0.3) is 5.91 Å². The number of nitrogen functional groups attached to an aromatic ring is 1. The lowest BCUT2D eigenvalue weighted by molar-refractivity contribution is 0.0941. The van der Waals surface area contributed by atoms with E-state index in [-0.39, 0.29) is 5.91 Å². The number of hydrogen-bond donors (Lipinski definition) is 2. The number of nitrogens with zero attached hydrogens (tertiary/aromatic N) is 2. The van der Waals surface area contributed by atoms with Gasteiger partial charge in [-0.2, -0.15) is 0 Å². The second kappa shape index (κ2) is 4.70. The molecule has 0 unspecified atom stereocenters. The van der Waals surface area contributed by atoms with Crippen LogP contribution in [0.25, 0.3) is 0 Å². The smallest absolute Gasteiger partial charge is 0.268 e. The van der Waals surface area contributed by atoms with E-state index in [1.54, 1.807) is 17.4 Å². The van der Waals surface area contributed by atoms with E-state index >= 15 is 0 Å². The van der Waals surface area contributed by atoms with Crippen molar-refractivity contribution in [1.82, 2.24) is 14.9 Å². The van der Waals surface area contributed by atoms with E-state index < -0.39 is 0 Å². The number of nitrogens with one attached hydrogen (secondary N) is 1. The molecule has 19 heavy (non-hydrogen) atoms. The van der Waals surface area contributed by atoms with Crippen molar-refractivity contribution in [2.45, 2.75) is 32.4 Å². The Balaban J connectivity index is 1.70. The molecule has 0 bridgehead atoms. The third kappa shape index (κ3) is 2.63. The van der Waals surface area contributed by atoms with Gasteiger partial charge in [-0.15, -0.1) is 11.3 Å².